The Bertz CT molecular complexity index is 445. The van der Waals surface area contributed by atoms with Gasteiger partial charge in [0.1, 0.15) is 6.10 Å². The third-order valence-electron chi connectivity index (χ3n) is 2.24. The Morgan fingerprint density at radius 2 is 2.40 bits per heavy atom. The van der Waals surface area contributed by atoms with Crippen LogP contribution in [0.5, 0.6) is 5.75 Å². The number of amides is 1. The Kier molecular flexibility index (Phi) is 2.34. The highest BCUT2D eigenvalue weighted by atomic mass is 16.5. The van der Waals surface area contributed by atoms with Crippen LogP contribution in [0, 0.1) is 12.3 Å². The molecule has 1 atom stereocenters. The summed E-state index contributed by atoms with van der Waals surface area (Å²) in [6.07, 6.45) is 5.56. The summed E-state index contributed by atoms with van der Waals surface area (Å²) in [5, 5.41) is 2.77. The second kappa shape index (κ2) is 3.66. The van der Waals surface area contributed by atoms with Crippen LogP contribution in [0.4, 0.5) is 5.69 Å². The van der Waals surface area contributed by atoms with Crippen LogP contribution in [0.25, 0.3) is 0 Å². The molecule has 76 valence electrons. The zero-order valence-corrected chi connectivity index (χ0v) is 8.41. The van der Waals surface area contributed by atoms with E-state index in [1.165, 1.54) is 0 Å². The van der Waals surface area contributed by atoms with Gasteiger partial charge in [0.15, 0.2) is 5.75 Å². The van der Waals surface area contributed by atoms with Crippen LogP contribution in [0.1, 0.15) is 18.9 Å². The summed E-state index contributed by atoms with van der Waals surface area (Å²) in [5.74, 6) is 3.09. The zero-order valence-electron chi connectivity index (χ0n) is 8.41. The first-order chi connectivity index (χ1) is 7.20. The van der Waals surface area contributed by atoms with Gasteiger partial charge in [-0.15, -0.1) is 6.42 Å². The fourth-order valence-electron chi connectivity index (χ4n) is 1.58. The quantitative estimate of drug-likeness (QED) is 0.650. The Morgan fingerprint density at radius 1 is 1.60 bits per heavy atom. The molecule has 1 aliphatic heterocycles. The number of carbonyl (C=O) groups is 1. The predicted octanol–water partition coefficient (Wildman–Crippen LogP) is 1.78. The molecule has 0 fully saturated rings. The van der Waals surface area contributed by atoms with Crippen molar-refractivity contribution in [1.82, 2.24) is 0 Å². The zero-order chi connectivity index (χ0) is 10.8. The number of hydrogen-bond acceptors (Lipinski definition) is 2. The predicted molar refractivity (Wildman–Crippen MR) is 57.7 cm³/mol. The molecule has 0 bridgehead atoms. The summed E-state index contributed by atoms with van der Waals surface area (Å²) in [6.45, 7) is 1.85. The van der Waals surface area contributed by atoms with Gasteiger partial charge in [-0.3, -0.25) is 4.79 Å². The van der Waals surface area contributed by atoms with Gasteiger partial charge in [0, 0.05) is 0 Å². The highest BCUT2D eigenvalue weighted by Crippen LogP contribution is 2.31. The Labute approximate surface area is 88.4 Å². The Hall–Kier alpha value is -1.95. The van der Waals surface area contributed by atoms with Crippen molar-refractivity contribution in [3.05, 3.63) is 23.8 Å². The van der Waals surface area contributed by atoms with Crippen molar-refractivity contribution >= 4 is 11.6 Å². The van der Waals surface area contributed by atoms with Crippen LogP contribution in [0.3, 0.4) is 0 Å². The lowest BCUT2D eigenvalue weighted by Crippen LogP contribution is -2.17. The van der Waals surface area contributed by atoms with Gasteiger partial charge in [-0.25, -0.2) is 0 Å². The first-order valence-corrected chi connectivity index (χ1v) is 4.77. The summed E-state index contributed by atoms with van der Waals surface area (Å²) in [7, 11) is 0. The molecule has 1 amide bonds. The van der Waals surface area contributed by atoms with Crippen molar-refractivity contribution in [2.24, 2.45) is 0 Å². The van der Waals surface area contributed by atoms with E-state index in [9.17, 15) is 4.79 Å². The molecule has 1 heterocycles. The van der Waals surface area contributed by atoms with Gasteiger partial charge in [0.05, 0.1) is 17.7 Å². The van der Waals surface area contributed by atoms with Crippen molar-refractivity contribution in [2.45, 2.75) is 19.4 Å². The SMILES string of the molecule is C#Cc1cccc2c1O[C@H](C)CC(=O)N2. The van der Waals surface area contributed by atoms with E-state index in [1.807, 2.05) is 6.92 Å². The minimum atomic E-state index is -0.152. The van der Waals surface area contributed by atoms with Crippen LogP contribution in [0.15, 0.2) is 18.2 Å². The average Bonchev–Trinajstić information content (AvgIpc) is 2.33. The van der Waals surface area contributed by atoms with E-state index in [0.717, 1.165) is 0 Å². The number of rotatable bonds is 0. The first-order valence-electron chi connectivity index (χ1n) is 4.77. The number of terminal acetylenes is 1. The van der Waals surface area contributed by atoms with Crippen molar-refractivity contribution in [2.75, 3.05) is 5.32 Å². The number of hydrogen-bond donors (Lipinski definition) is 1. The van der Waals surface area contributed by atoms with E-state index < -0.39 is 0 Å². The van der Waals surface area contributed by atoms with E-state index >= 15 is 0 Å². The summed E-state index contributed by atoms with van der Waals surface area (Å²) in [5.41, 5.74) is 1.32. The van der Waals surface area contributed by atoms with Gasteiger partial charge >= 0.3 is 0 Å². The van der Waals surface area contributed by atoms with Crippen molar-refractivity contribution in [1.29, 1.82) is 0 Å². The molecule has 1 N–H and O–H groups in total. The molecular formula is C12H11NO2. The van der Waals surface area contributed by atoms with Gasteiger partial charge in [-0.1, -0.05) is 12.0 Å². The molecule has 3 nitrogen and oxygen atoms in total. The smallest absolute Gasteiger partial charge is 0.228 e. The summed E-state index contributed by atoms with van der Waals surface area (Å²) in [4.78, 5) is 11.4. The summed E-state index contributed by atoms with van der Waals surface area (Å²) < 4.78 is 5.62. The summed E-state index contributed by atoms with van der Waals surface area (Å²) >= 11 is 0. The Balaban J connectivity index is 2.51. The van der Waals surface area contributed by atoms with Crippen LogP contribution in [-0.4, -0.2) is 12.0 Å². The van der Waals surface area contributed by atoms with Crippen molar-refractivity contribution in [3.8, 4) is 18.1 Å². The van der Waals surface area contributed by atoms with Gasteiger partial charge in [-0.2, -0.15) is 0 Å². The highest BCUT2D eigenvalue weighted by molar-refractivity contribution is 5.93. The maximum Gasteiger partial charge on any atom is 0.228 e. The molecule has 1 aliphatic rings. The van der Waals surface area contributed by atoms with Crippen LogP contribution >= 0.6 is 0 Å². The van der Waals surface area contributed by atoms with Gasteiger partial charge in [0.25, 0.3) is 0 Å². The average molecular weight is 201 g/mol. The van der Waals surface area contributed by atoms with E-state index in [1.54, 1.807) is 18.2 Å². The minimum Gasteiger partial charge on any atom is -0.487 e. The molecule has 0 spiro atoms. The molecule has 0 saturated heterocycles. The number of nitrogens with one attached hydrogen (secondary N) is 1. The maximum atomic E-state index is 11.4. The molecule has 0 saturated carbocycles. The fourth-order valence-corrected chi connectivity index (χ4v) is 1.58. The number of para-hydroxylation sites is 1. The number of anilines is 1. The number of ether oxygens (including phenoxy) is 1. The fraction of sp³-hybridized carbons (Fsp3) is 0.250. The van der Waals surface area contributed by atoms with Gasteiger partial charge < -0.3 is 10.1 Å². The highest BCUT2D eigenvalue weighted by Gasteiger charge is 2.20. The molecule has 15 heavy (non-hydrogen) atoms. The third-order valence-corrected chi connectivity index (χ3v) is 2.24. The summed E-state index contributed by atoms with van der Waals surface area (Å²) in [6, 6.07) is 5.38. The largest absolute Gasteiger partial charge is 0.487 e. The van der Waals surface area contributed by atoms with Crippen LogP contribution < -0.4 is 10.1 Å². The van der Waals surface area contributed by atoms with E-state index in [-0.39, 0.29) is 12.0 Å². The molecular weight excluding hydrogens is 190 g/mol. The van der Waals surface area contributed by atoms with Crippen molar-refractivity contribution in [3.63, 3.8) is 0 Å². The lowest BCUT2D eigenvalue weighted by Gasteiger charge is -2.12. The molecule has 0 unspecified atom stereocenters. The van der Waals surface area contributed by atoms with Gasteiger partial charge in [0.2, 0.25) is 5.91 Å². The van der Waals surface area contributed by atoms with E-state index in [4.69, 9.17) is 11.2 Å². The molecule has 1 aromatic rings. The lowest BCUT2D eigenvalue weighted by atomic mass is 10.2. The lowest BCUT2D eigenvalue weighted by molar-refractivity contribution is -0.117. The number of carbonyl (C=O) groups excluding carboxylic acids is 1. The molecule has 3 heteroatoms. The van der Waals surface area contributed by atoms with Crippen LogP contribution in [0.2, 0.25) is 0 Å². The van der Waals surface area contributed by atoms with Crippen LogP contribution in [-0.2, 0) is 4.79 Å². The van der Waals surface area contributed by atoms with Crippen molar-refractivity contribution < 1.29 is 9.53 Å². The molecule has 0 radical (unpaired) electrons. The van der Waals surface area contributed by atoms with Gasteiger partial charge in [-0.05, 0) is 19.1 Å². The topological polar surface area (TPSA) is 38.3 Å². The third kappa shape index (κ3) is 1.79. The standard InChI is InChI=1S/C12H11NO2/c1-3-9-5-4-6-10-12(9)15-8(2)7-11(14)13-10/h1,4-6,8H,7H2,2H3,(H,13,14)/t8-/m1/s1. The molecule has 1 aromatic carbocycles. The molecule has 0 aromatic heterocycles. The van der Waals surface area contributed by atoms with E-state index in [2.05, 4.69) is 11.2 Å². The number of fused-ring (bicyclic) bond motifs is 1. The van der Waals surface area contributed by atoms with E-state index in [0.29, 0.717) is 23.4 Å². The normalized spacial score (nSPS) is 19.2. The second-order valence-electron chi connectivity index (χ2n) is 3.51. The Morgan fingerprint density at radius 3 is 3.13 bits per heavy atom. The molecule has 2 rings (SSSR count). The second-order valence-corrected chi connectivity index (χ2v) is 3.51. The maximum absolute atomic E-state index is 11.4. The monoisotopic (exact) mass is 201 g/mol. The number of benzene rings is 1. The molecule has 0 aliphatic carbocycles. The first kappa shape index (κ1) is 9.60. The minimum absolute atomic E-state index is 0.0459.